The minimum absolute atomic E-state index is 0.335. The summed E-state index contributed by atoms with van der Waals surface area (Å²) >= 11 is 0. The van der Waals surface area contributed by atoms with Gasteiger partial charge in [0.05, 0.1) is 11.6 Å². The van der Waals surface area contributed by atoms with Crippen molar-refractivity contribution in [2.45, 2.75) is 19.3 Å². The minimum Gasteiger partial charge on any atom is -0.338 e. The molecule has 0 saturated carbocycles. The molecule has 5 nitrogen and oxygen atoms in total. The predicted octanol–water partition coefficient (Wildman–Crippen LogP) is 1.51. The van der Waals surface area contributed by atoms with E-state index in [0.29, 0.717) is 24.0 Å². The van der Waals surface area contributed by atoms with Crippen LogP contribution in [0.5, 0.6) is 0 Å². The number of pyridine rings is 1. The van der Waals surface area contributed by atoms with Crippen LogP contribution in [0.2, 0.25) is 0 Å². The quantitative estimate of drug-likeness (QED) is 0.873. The fourth-order valence-electron chi connectivity index (χ4n) is 1.20. The highest BCUT2D eigenvalue weighted by Crippen LogP contribution is 2.22. The van der Waals surface area contributed by atoms with Crippen LogP contribution in [-0.2, 0) is 5.41 Å². The van der Waals surface area contributed by atoms with E-state index >= 15 is 0 Å². The van der Waals surface area contributed by atoms with E-state index in [4.69, 9.17) is 10.3 Å². The van der Waals surface area contributed by atoms with Crippen molar-refractivity contribution >= 4 is 0 Å². The molecule has 0 radical (unpaired) electrons. The standard InChI is InChI=1S/C11H13FN4O/c1-11(2,6-13)10-15-9(16-17-10)8-4-3-7(12)5-14-8/h3-5H,6,13H2,1-2H3. The zero-order valence-corrected chi connectivity index (χ0v) is 9.64. The number of hydrogen-bond donors (Lipinski definition) is 1. The van der Waals surface area contributed by atoms with E-state index in [1.807, 2.05) is 13.8 Å². The number of nitrogens with zero attached hydrogens (tertiary/aromatic N) is 3. The van der Waals surface area contributed by atoms with Crippen LogP contribution in [0.3, 0.4) is 0 Å². The third-order valence-corrected chi connectivity index (χ3v) is 2.47. The van der Waals surface area contributed by atoms with E-state index in [-0.39, 0.29) is 5.41 Å². The molecule has 0 unspecified atom stereocenters. The second-order valence-electron chi connectivity index (χ2n) is 4.37. The van der Waals surface area contributed by atoms with Gasteiger partial charge in [-0.25, -0.2) is 9.37 Å². The molecule has 0 spiro atoms. The number of hydrogen-bond acceptors (Lipinski definition) is 5. The zero-order chi connectivity index (χ0) is 12.5. The molecule has 0 aliphatic rings. The van der Waals surface area contributed by atoms with Gasteiger partial charge in [-0.1, -0.05) is 5.16 Å². The van der Waals surface area contributed by atoms with Crippen molar-refractivity contribution in [1.82, 2.24) is 15.1 Å². The number of halogens is 1. The Hall–Kier alpha value is -1.82. The molecule has 6 heteroatoms. The molecule has 17 heavy (non-hydrogen) atoms. The highest BCUT2D eigenvalue weighted by atomic mass is 19.1. The maximum Gasteiger partial charge on any atom is 0.233 e. The third-order valence-electron chi connectivity index (χ3n) is 2.47. The summed E-state index contributed by atoms with van der Waals surface area (Å²) in [5.41, 5.74) is 5.70. The van der Waals surface area contributed by atoms with E-state index < -0.39 is 5.82 Å². The molecule has 2 aromatic heterocycles. The Morgan fingerprint density at radius 2 is 2.18 bits per heavy atom. The van der Waals surface area contributed by atoms with Gasteiger partial charge >= 0.3 is 0 Å². The van der Waals surface area contributed by atoms with Crippen LogP contribution in [0.1, 0.15) is 19.7 Å². The number of rotatable bonds is 3. The van der Waals surface area contributed by atoms with E-state index in [1.165, 1.54) is 12.1 Å². The van der Waals surface area contributed by atoms with E-state index in [9.17, 15) is 4.39 Å². The van der Waals surface area contributed by atoms with E-state index in [0.717, 1.165) is 6.20 Å². The SMILES string of the molecule is CC(C)(CN)c1nc(-c2ccc(F)cn2)no1. The first-order valence-electron chi connectivity index (χ1n) is 5.19. The smallest absolute Gasteiger partial charge is 0.233 e. The van der Waals surface area contributed by atoms with Crippen molar-refractivity contribution in [3.05, 3.63) is 30.0 Å². The van der Waals surface area contributed by atoms with Gasteiger partial charge in [-0.2, -0.15) is 4.98 Å². The largest absolute Gasteiger partial charge is 0.338 e. The Labute approximate surface area is 97.9 Å². The molecule has 2 heterocycles. The van der Waals surface area contributed by atoms with Crippen LogP contribution < -0.4 is 5.73 Å². The lowest BCUT2D eigenvalue weighted by atomic mass is 9.94. The molecule has 2 N–H and O–H groups in total. The monoisotopic (exact) mass is 236 g/mol. The maximum atomic E-state index is 12.7. The Morgan fingerprint density at radius 3 is 2.76 bits per heavy atom. The van der Waals surface area contributed by atoms with Crippen LogP contribution >= 0.6 is 0 Å². The first-order chi connectivity index (χ1) is 8.03. The summed E-state index contributed by atoms with van der Waals surface area (Å²) < 4.78 is 17.8. The molecule has 2 aromatic rings. The van der Waals surface area contributed by atoms with Gasteiger partial charge in [-0.3, -0.25) is 0 Å². The Balaban J connectivity index is 2.33. The van der Waals surface area contributed by atoms with Crippen LogP contribution in [0.4, 0.5) is 4.39 Å². The first-order valence-corrected chi connectivity index (χ1v) is 5.19. The minimum atomic E-state index is -0.403. The lowest BCUT2D eigenvalue weighted by molar-refractivity contribution is 0.311. The number of nitrogens with two attached hydrogens (primary N) is 1. The van der Waals surface area contributed by atoms with Crippen LogP contribution in [0.25, 0.3) is 11.5 Å². The average molecular weight is 236 g/mol. The van der Waals surface area contributed by atoms with E-state index in [2.05, 4.69) is 15.1 Å². The van der Waals surface area contributed by atoms with Crippen molar-refractivity contribution in [3.63, 3.8) is 0 Å². The van der Waals surface area contributed by atoms with Crippen LogP contribution in [-0.4, -0.2) is 21.7 Å². The normalized spacial score (nSPS) is 11.8. The summed E-state index contributed by atoms with van der Waals surface area (Å²) in [4.78, 5) is 8.09. The summed E-state index contributed by atoms with van der Waals surface area (Å²) in [5.74, 6) is 0.377. The third kappa shape index (κ3) is 2.31. The number of aromatic nitrogens is 3. The first kappa shape index (κ1) is 11.7. The van der Waals surface area contributed by atoms with Gasteiger partial charge in [0.15, 0.2) is 0 Å². The second-order valence-corrected chi connectivity index (χ2v) is 4.37. The summed E-state index contributed by atoms with van der Waals surface area (Å²) in [5, 5.41) is 3.80. The van der Waals surface area contributed by atoms with Crippen molar-refractivity contribution in [2.75, 3.05) is 6.54 Å². The fraction of sp³-hybridized carbons (Fsp3) is 0.364. The van der Waals surface area contributed by atoms with Gasteiger partial charge in [0, 0.05) is 6.54 Å². The molecule has 0 atom stereocenters. The Morgan fingerprint density at radius 1 is 1.41 bits per heavy atom. The molecule has 90 valence electrons. The lowest BCUT2D eigenvalue weighted by Gasteiger charge is -2.15. The highest BCUT2D eigenvalue weighted by molar-refractivity contribution is 5.47. The molecule has 0 saturated heterocycles. The van der Waals surface area contributed by atoms with Gasteiger partial charge in [0.1, 0.15) is 11.5 Å². The molecule has 0 fully saturated rings. The Kier molecular flexibility index (Phi) is 2.89. The molecular formula is C11H13FN4O. The molecule has 0 aliphatic heterocycles. The van der Waals surface area contributed by atoms with Gasteiger partial charge in [-0.15, -0.1) is 0 Å². The topological polar surface area (TPSA) is 77.8 Å². The van der Waals surface area contributed by atoms with Crippen molar-refractivity contribution in [3.8, 4) is 11.5 Å². The molecule has 2 rings (SSSR count). The second kappa shape index (κ2) is 4.21. The highest BCUT2D eigenvalue weighted by Gasteiger charge is 2.26. The van der Waals surface area contributed by atoms with Gasteiger partial charge in [-0.05, 0) is 26.0 Å². The summed E-state index contributed by atoms with van der Waals surface area (Å²) in [7, 11) is 0. The summed E-state index contributed by atoms with van der Waals surface area (Å²) in [6.45, 7) is 4.20. The average Bonchev–Trinajstić information content (AvgIpc) is 2.80. The van der Waals surface area contributed by atoms with Gasteiger partial charge < -0.3 is 10.3 Å². The lowest BCUT2D eigenvalue weighted by Crippen LogP contribution is -2.28. The van der Waals surface area contributed by atoms with Crippen molar-refractivity contribution < 1.29 is 8.91 Å². The molecule has 0 amide bonds. The predicted molar refractivity (Wildman–Crippen MR) is 59.6 cm³/mol. The molecule has 0 aromatic carbocycles. The van der Waals surface area contributed by atoms with Crippen LogP contribution in [0.15, 0.2) is 22.9 Å². The van der Waals surface area contributed by atoms with Gasteiger partial charge in [0.25, 0.3) is 0 Å². The molecular weight excluding hydrogens is 223 g/mol. The maximum absolute atomic E-state index is 12.7. The Bertz CT molecular complexity index is 506. The van der Waals surface area contributed by atoms with Crippen molar-refractivity contribution in [2.24, 2.45) is 5.73 Å². The van der Waals surface area contributed by atoms with Crippen molar-refractivity contribution in [1.29, 1.82) is 0 Å². The molecule has 0 bridgehead atoms. The zero-order valence-electron chi connectivity index (χ0n) is 9.64. The van der Waals surface area contributed by atoms with Crippen LogP contribution in [0, 0.1) is 5.82 Å². The van der Waals surface area contributed by atoms with E-state index in [1.54, 1.807) is 0 Å². The van der Waals surface area contributed by atoms with Gasteiger partial charge in [0.2, 0.25) is 11.7 Å². The molecule has 0 aliphatic carbocycles. The fourth-order valence-corrected chi connectivity index (χ4v) is 1.20. The summed E-state index contributed by atoms with van der Waals surface area (Å²) in [6.07, 6.45) is 1.11. The summed E-state index contributed by atoms with van der Waals surface area (Å²) in [6, 6.07) is 2.80.